The van der Waals surface area contributed by atoms with E-state index < -0.39 is 6.10 Å². The Morgan fingerprint density at radius 3 is 2.33 bits per heavy atom. The number of aliphatic hydroxyl groups excluding tert-OH is 1. The molecule has 0 aliphatic carbocycles. The van der Waals surface area contributed by atoms with Crippen LogP contribution in [-0.4, -0.2) is 26.0 Å². The smallest absolute Gasteiger partial charge is 0.137 e. The van der Waals surface area contributed by atoms with E-state index in [0.717, 1.165) is 5.56 Å². The second kappa shape index (κ2) is 7.41. The van der Waals surface area contributed by atoms with Crippen LogP contribution in [0.5, 0.6) is 0 Å². The van der Waals surface area contributed by atoms with Crippen LogP contribution in [0.2, 0.25) is 5.02 Å². The Kier molecular flexibility index (Phi) is 6.41. The number of nitrogens with zero attached hydrogens (tertiary/aromatic N) is 3. The molecule has 4 nitrogen and oxygen atoms in total. The first-order valence-electron chi connectivity index (χ1n) is 6.64. The van der Waals surface area contributed by atoms with Gasteiger partial charge in [-0.15, -0.1) is 0 Å². The summed E-state index contributed by atoms with van der Waals surface area (Å²) in [7, 11) is 0. The van der Waals surface area contributed by atoms with Crippen molar-refractivity contribution in [3.63, 3.8) is 0 Å². The van der Waals surface area contributed by atoms with Gasteiger partial charge in [-0.25, -0.2) is 9.67 Å². The summed E-state index contributed by atoms with van der Waals surface area (Å²) in [6.45, 7) is 6.05. The molecule has 6 heteroatoms. The monoisotopic (exact) mass is 356 g/mol. The standard InChI is InChI=1S/C15H20ClN3O.Cu/c1-15(2,3)14(20)13(19-10-17-9-18-19)8-11-4-6-12(16)7-5-11;/h4-7,9-10,13-14,20H,8H2,1-3H3;/t13-,14+;/m0./s1. The first kappa shape index (κ1) is 18.2. The van der Waals surface area contributed by atoms with Gasteiger partial charge in [0.15, 0.2) is 0 Å². The molecule has 1 N–H and O–H groups in total. The number of hydrogen-bond donors (Lipinski definition) is 1. The van der Waals surface area contributed by atoms with Gasteiger partial charge in [0, 0.05) is 22.1 Å². The minimum Gasteiger partial charge on any atom is -0.390 e. The van der Waals surface area contributed by atoms with Crippen molar-refractivity contribution >= 4 is 11.6 Å². The van der Waals surface area contributed by atoms with E-state index in [9.17, 15) is 5.11 Å². The molecule has 0 unspecified atom stereocenters. The molecule has 2 rings (SSSR count). The maximum absolute atomic E-state index is 10.6. The molecule has 0 fully saturated rings. The van der Waals surface area contributed by atoms with Gasteiger partial charge in [-0.1, -0.05) is 44.5 Å². The van der Waals surface area contributed by atoms with Crippen molar-refractivity contribution in [3.05, 3.63) is 47.5 Å². The summed E-state index contributed by atoms with van der Waals surface area (Å²) in [6, 6.07) is 7.51. The molecule has 1 heterocycles. The molecule has 0 bridgehead atoms. The second-order valence-electron chi connectivity index (χ2n) is 6.08. The minimum absolute atomic E-state index is 0. The average Bonchev–Trinajstić information content (AvgIpc) is 2.90. The predicted octanol–water partition coefficient (Wildman–Crippen LogP) is 3.12. The largest absolute Gasteiger partial charge is 0.390 e. The van der Waals surface area contributed by atoms with Gasteiger partial charge in [-0.3, -0.25) is 0 Å². The predicted molar refractivity (Wildman–Crippen MR) is 79.7 cm³/mol. The Hall–Kier alpha value is -0.871. The van der Waals surface area contributed by atoms with Crippen LogP contribution in [0.25, 0.3) is 0 Å². The van der Waals surface area contributed by atoms with E-state index in [1.54, 1.807) is 11.0 Å². The van der Waals surface area contributed by atoms with Crippen LogP contribution in [0.15, 0.2) is 36.9 Å². The first-order valence-corrected chi connectivity index (χ1v) is 7.02. The molecule has 0 amide bonds. The van der Waals surface area contributed by atoms with Crippen LogP contribution in [-0.2, 0) is 23.5 Å². The summed E-state index contributed by atoms with van der Waals surface area (Å²) in [4.78, 5) is 3.98. The molecule has 0 saturated heterocycles. The quantitative estimate of drug-likeness (QED) is 0.856. The fraction of sp³-hybridized carbons (Fsp3) is 0.467. The van der Waals surface area contributed by atoms with E-state index >= 15 is 0 Å². The summed E-state index contributed by atoms with van der Waals surface area (Å²) in [6.07, 6.45) is 3.29. The third-order valence-electron chi connectivity index (χ3n) is 3.39. The van der Waals surface area contributed by atoms with Crippen molar-refractivity contribution in [2.45, 2.75) is 39.3 Å². The van der Waals surface area contributed by atoms with Crippen molar-refractivity contribution in [2.24, 2.45) is 5.41 Å². The minimum atomic E-state index is -0.528. The molecule has 119 valence electrons. The molecular formula is C15H20ClCuN3O. The van der Waals surface area contributed by atoms with Gasteiger partial charge in [0.1, 0.15) is 12.7 Å². The molecule has 1 radical (unpaired) electrons. The van der Waals surface area contributed by atoms with Gasteiger partial charge >= 0.3 is 0 Å². The summed E-state index contributed by atoms with van der Waals surface area (Å²) in [5, 5.41) is 15.5. The van der Waals surface area contributed by atoms with Crippen molar-refractivity contribution < 1.29 is 22.2 Å². The SMILES string of the molecule is CC(C)(C)[C@H](O)[C@H](Cc1ccc(Cl)cc1)n1cncn1.[Cu]. The van der Waals surface area contributed by atoms with E-state index in [0.29, 0.717) is 11.4 Å². The molecule has 1 aromatic heterocycles. The Balaban J connectivity index is 0.00000220. The third kappa shape index (κ3) is 4.82. The Labute approximate surface area is 141 Å². The topological polar surface area (TPSA) is 50.9 Å². The van der Waals surface area contributed by atoms with E-state index in [-0.39, 0.29) is 28.5 Å². The summed E-state index contributed by atoms with van der Waals surface area (Å²) >= 11 is 5.91. The summed E-state index contributed by atoms with van der Waals surface area (Å²) < 4.78 is 1.73. The number of aliphatic hydroxyl groups is 1. The van der Waals surface area contributed by atoms with Crippen molar-refractivity contribution in [2.75, 3.05) is 0 Å². The molecule has 1 aromatic carbocycles. The number of aromatic nitrogens is 3. The summed E-state index contributed by atoms with van der Waals surface area (Å²) in [5.41, 5.74) is 0.876. The Morgan fingerprint density at radius 1 is 1.24 bits per heavy atom. The van der Waals surface area contributed by atoms with Gasteiger partial charge in [0.25, 0.3) is 0 Å². The average molecular weight is 357 g/mol. The molecule has 21 heavy (non-hydrogen) atoms. The maximum atomic E-state index is 10.6. The molecule has 0 aliphatic heterocycles. The van der Waals surface area contributed by atoms with Crippen molar-refractivity contribution in [1.29, 1.82) is 0 Å². The Bertz CT molecular complexity index is 537. The van der Waals surface area contributed by atoms with Crippen LogP contribution in [0.3, 0.4) is 0 Å². The van der Waals surface area contributed by atoms with E-state index in [2.05, 4.69) is 10.1 Å². The van der Waals surface area contributed by atoms with Crippen molar-refractivity contribution in [1.82, 2.24) is 14.8 Å². The fourth-order valence-corrected chi connectivity index (χ4v) is 2.30. The molecule has 0 aliphatic rings. The molecular weight excluding hydrogens is 337 g/mol. The Morgan fingerprint density at radius 2 is 1.86 bits per heavy atom. The van der Waals surface area contributed by atoms with Crippen LogP contribution < -0.4 is 0 Å². The van der Waals surface area contributed by atoms with Gasteiger partial charge < -0.3 is 5.11 Å². The number of halogens is 1. The molecule has 0 spiro atoms. The third-order valence-corrected chi connectivity index (χ3v) is 3.64. The van der Waals surface area contributed by atoms with E-state index in [1.807, 2.05) is 45.0 Å². The van der Waals surface area contributed by atoms with Crippen molar-refractivity contribution in [3.8, 4) is 0 Å². The number of rotatable bonds is 4. The van der Waals surface area contributed by atoms with Crippen LogP contribution in [0.4, 0.5) is 0 Å². The number of hydrogen-bond acceptors (Lipinski definition) is 3. The zero-order valence-electron chi connectivity index (χ0n) is 12.3. The van der Waals surface area contributed by atoms with Gasteiger partial charge in [-0.2, -0.15) is 5.10 Å². The van der Waals surface area contributed by atoms with Gasteiger partial charge in [0.2, 0.25) is 0 Å². The maximum Gasteiger partial charge on any atom is 0.137 e. The number of benzene rings is 1. The normalized spacial score (nSPS) is 14.3. The fourth-order valence-electron chi connectivity index (χ4n) is 2.18. The molecule has 2 aromatic rings. The zero-order chi connectivity index (χ0) is 14.8. The first-order chi connectivity index (χ1) is 9.38. The van der Waals surface area contributed by atoms with Crippen LogP contribution in [0, 0.1) is 5.41 Å². The zero-order valence-corrected chi connectivity index (χ0v) is 14.0. The van der Waals surface area contributed by atoms with Gasteiger partial charge in [0.05, 0.1) is 12.1 Å². The van der Waals surface area contributed by atoms with E-state index in [1.165, 1.54) is 6.33 Å². The van der Waals surface area contributed by atoms with Crippen LogP contribution >= 0.6 is 11.6 Å². The summed E-state index contributed by atoms with van der Waals surface area (Å²) in [5.74, 6) is 0. The van der Waals surface area contributed by atoms with Crippen LogP contribution in [0.1, 0.15) is 32.4 Å². The van der Waals surface area contributed by atoms with Gasteiger partial charge in [-0.05, 0) is 29.5 Å². The molecule has 0 saturated carbocycles. The molecule has 2 atom stereocenters. The van der Waals surface area contributed by atoms with E-state index in [4.69, 9.17) is 11.6 Å². The second-order valence-corrected chi connectivity index (χ2v) is 6.52.